The molecule has 0 amide bonds. The van der Waals surface area contributed by atoms with Gasteiger partial charge in [-0.05, 0) is 56.0 Å². The van der Waals surface area contributed by atoms with Gasteiger partial charge in [-0.25, -0.2) is 0 Å². The van der Waals surface area contributed by atoms with Crippen molar-refractivity contribution in [3.05, 3.63) is 81.0 Å². The van der Waals surface area contributed by atoms with Crippen molar-refractivity contribution in [3.63, 3.8) is 0 Å². The number of aryl methyl sites for hydroxylation is 1. The SMILES string of the molecule is COc1ccc2c(c1)CC[C@@H]1C2=NN(/C(C)=C/C(C)=O)[C@@H]1c1ccc([N+](=O)[O-])cc1. The number of hydrogen-bond acceptors (Lipinski definition) is 6. The van der Waals surface area contributed by atoms with Crippen LogP contribution in [-0.2, 0) is 11.2 Å². The molecule has 2 aromatic rings. The highest BCUT2D eigenvalue weighted by Gasteiger charge is 2.42. The monoisotopic (exact) mass is 405 g/mol. The second kappa shape index (κ2) is 7.74. The van der Waals surface area contributed by atoms with Gasteiger partial charge in [0.2, 0.25) is 0 Å². The molecular weight excluding hydrogens is 382 g/mol. The van der Waals surface area contributed by atoms with Gasteiger partial charge in [0.05, 0.1) is 23.8 Å². The zero-order chi connectivity index (χ0) is 21.4. The largest absolute Gasteiger partial charge is 0.497 e. The first-order chi connectivity index (χ1) is 14.4. The topological polar surface area (TPSA) is 85.0 Å². The van der Waals surface area contributed by atoms with E-state index in [0.717, 1.165) is 41.1 Å². The fraction of sp³-hybridized carbons (Fsp3) is 0.304. The summed E-state index contributed by atoms with van der Waals surface area (Å²) in [5, 5.41) is 17.9. The molecule has 0 aromatic heterocycles. The quantitative estimate of drug-likeness (QED) is 0.418. The smallest absolute Gasteiger partial charge is 0.269 e. The molecule has 2 atom stereocenters. The van der Waals surface area contributed by atoms with Gasteiger partial charge in [-0.3, -0.25) is 19.9 Å². The second-order valence-electron chi connectivity index (χ2n) is 7.69. The number of ether oxygens (including phenoxy) is 1. The van der Waals surface area contributed by atoms with Gasteiger partial charge in [0.15, 0.2) is 5.78 Å². The summed E-state index contributed by atoms with van der Waals surface area (Å²) in [4.78, 5) is 22.4. The Morgan fingerprint density at radius 2 is 1.97 bits per heavy atom. The first-order valence-electron chi connectivity index (χ1n) is 9.87. The summed E-state index contributed by atoms with van der Waals surface area (Å²) < 4.78 is 5.36. The molecule has 1 aliphatic heterocycles. The second-order valence-corrected chi connectivity index (χ2v) is 7.69. The minimum atomic E-state index is -0.400. The summed E-state index contributed by atoms with van der Waals surface area (Å²) in [5.41, 5.74) is 5.03. The third-order valence-corrected chi connectivity index (χ3v) is 5.74. The molecular formula is C23H23N3O4. The van der Waals surface area contributed by atoms with Crippen LogP contribution < -0.4 is 4.74 Å². The lowest BCUT2D eigenvalue weighted by Crippen LogP contribution is -2.28. The highest BCUT2D eigenvalue weighted by molar-refractivity contribution is 6.06. The molecule has 1 heterocycles. The molecule has 0 bridgehead atoms. The fourth-order valence-electron chi connectivity index (χ4n) is 4.41. The first-order valence-corrected chi connectivity index (χ1v) is 9.87. The molecule has 0 fully saturated rings. The molecule has 154 valence electrons. The Kier molecular flexibility index (Phi) is 5.11. The standard InChI is InChI=1S/C23H23N3O4/c1-14(12-15(2)27)25-23(16-4-7-18(8-5-16)26(28)29)21-10-6-17-13-19(30-3)9-11-20(17)22(21)24-25/h4-5,7-9,11-13,21,23H,6,10H2,1-3H3/b14-12+/t21-,23-/m1/s1. The van der Waals surface area contributed by atoms with Crippen LogP contribution >= 0.6 is 0 Å². The lowest BCUT2D eigenvalue weighted by Gasteiger charge is -2.31. The lowest BCUT2D eigenvalue weighted by molar-refractivity contribution is -0.384. The zero-order valence-corrected chi connectivity index (χ0v) is 17.2. The van der Waals surface area contributed by atoms with Crippen molar-refractivity contribution in [2.75, 3.05) is 7.11 Å². The van der Waals surface area contributed by atoms with E-state index in [1.165, 1.54) is 24.6 Å². The number of carbonyl (C=O) groups excluding carboxylic acids is 1. The van der Waals surface area contributed by atoms with Crippen molar-refractivity contribution >= 4 is 17.2 Å². The molecule has 30 heavy (non-hydrogen) atoms. The van der Waals surface area contributed by atoms with Gasteiger partial charge in [0, 0.05) is 35.4 Å². The predicted octanol–water partition coefficient (Wildman–Crippen LogP) is 4.42. The van der Waals surface area contributed by atoms with E-state index >= 15 is 0 Å². The molecule has 0 saturated heterocycles. The van der Waals surface area contributed by atoms with Crippen LogP contribution in [0.3, 0.4) is 0 Å². The molecule has 1 aliphatic carbocycles. The number of rotatable bonds is 5. The molecule has 7 heteroatoms. The molecule has 7 nitrogen and oxygen atoms in total. The number of methoxy groups -OCH3 is 1. The van der Waals surface area contributed by atoms with E-state index in [9.17, 15) is 14.9 Å². The predicted molar refractivity (Wildman–Crippen MR) is 113 cm³/mol. The molecule has 0 unspecified atom stereocenters. The van der Waals surface area contributed by atoms with Crippen molar-refractivity contribution < 1.29 is 14.5 Å². The zero-order valence-electron chi connectivity index (χ0n) is 17.2. The maximum Gasteiger partial charge on any atom is 0.269 e. The number of allylic oxidation sites excluding steroid dienone is 2. The maximum atomic E-state index is 11.7. The first kappa shape index (κ1) is 19.8. The number of nitro benzene ring substituents is 1. The van der Waals surface area contributed by atoms with Gasteiger partial charge in [0.1, 0.15) is 5.75 Å². The number of nitro groups is 1. The Hall–Kier alpha value is -3.48. The van der Waals surface area contributed by atoms with Gasteiger partial charge in [-0.2, -0.15) is 5.10 Å². The van der Waals surface area contributed by atoms with Crippen LogP contribution in [0.4, 0.5) is 5.69 Å². The minimum Gasteiger partial charge on any atom is -0.497 e. The van der Waals surface area contributed by atoms with E-state index in [4.69, 9.17) is 9.84 Å². The van der Waals surface area contributed by atoms with Crippen LogP contribution in [0.2, 0.25) is 0 Å². The summed E-state index contributed by atoms with van der Waals surface area (Å²) in [6.45, 7) is 3.39. The van der Waals surface area contributed by atoms with Crippen molar-refractivity contribution in [3.8, 4) is 5.75 Å². The van der Waals surface area contributed by atoms with Crippen molar-refractivity contribution in [2.45, 2.75) is 32.7 Å². The van der Waals surface area contributed by atoms with Crippen LogP contribution in [-0.4, -0.2) is 28.5 Å². The Labute approximate surface area is 174 Å². The van der Waals surface area contributed by atoms with Gasteiger partial charge in [-0.1, -0.05) is 12.1 Å². The number of benzene rings is 2. The van der Waals surface area contributed by atoms with E-state index in [2.05, 4.69) is 6.07 Å². The van der Waals surface area contributed by atoms with Gasteiger partial charge >= 0.3 is 0 Å². The van der Waals surface area contributed by atoms with E-state index in [0.29, 0.717) is 0 Å². The molecule has 2 aliphatic rings. The molecule has 0 radical (unpaired) electrons. The third-order valence-electron chi connectivity index (χ3n) is 5.74. The number of ketones is 1. The number of hydrazone groups is 1. The average molecular weight is 405 g/mol. The summed E-state index contributed by atoms with van der Waals surface area (Å²) >= 11 is 0. The van der Waals surface area contributed by atoms with Crippen LogP contribution in [0, 0.1) is 16.0 Å². The van der Waals surface area contributed by atoms with Crippen LogP contribution in [0.5, 0.6) is 5.75 Å². The number of nitrogens with zero attached hydrogens (tertiary/aromatic N) is 3. The molecule has 0 N–H and O–H groups in total. The van der Waals surface area contributed by atoms with Crippen molar-refractivity contribution in [1.29, 1.82) is 0 Å². The van der Waals surface area contributed by atoms with E-state index < -0.39 is 4.92 Å². The lowest BCUT2D eigenvalue weighted by atomic mass is 9.77. The summed E-state index contributed by atoms with van der Waals surface area (Å²) in [6, 6.07) is 12.5. The Morgan fingerprint density at radius 1 is 1.23 bits per heavy atom. The van der Waals surface area contributed by atoms with Crippen LogP contribution in [0.15, 0.2) is 59.3 Å². The summed E-state index contributed by atoms with van der Waals surface area (Å²) in [6.07, 6.45) is 3.36. The van der Waals surface area contributed by atoms with Gasteiger partial charge in [-0.15, -0.1) is 0 Å². The number of carbonyl (C=O) groups is 1. The third kappa shape index (κ3) is 3.47. The van der Waals surface area contributed by atoms with E-state index in [1.54, 1.807) is 25.3 Å². The van der Waals surface area contributed by atoms with E-state index in [-0.39, 0.29) is 23.4 Å². The fourth-order valence-corrected chi connectivity index (χ4v) is 4.41. The van der Waals surface area contributed by atoms with Crippen molar-refractivity contribution in [2.24, 2.45) is 11.0 Å². The average Bonchev–Trinajstić information content (AvgIpc) is 3.13. The van der Waals surface area contributed by atoms with E-state index in [1.807, 2.05) is 24.1 Å². The molecule has 0 spiro atoms. The number of fused-ring (bicyclic) bond motifs is 3. The Bertz CT molecular complexity index is 1070. The highest BCUT2D eigenvalue weighted by Crippen LogP contribution is 2.45. The molecule has 2 aromatic carbocycles. The molecule has 4 rings (SSSR count). The maximum absolute atomic E-state index is 11.7. The van der Waals surface area contributed by atoms with Gasteiger partial charge < -0.3 is 4.74 Å². The van der Waals surface area contributed by atoms with Gasteiger partial charge in [0.25, 0.3) is 5.69 Å². The summed E-state index contributed by atoms with van der Waals surface area (Å²) in [5.74, 6) is 0.903. The minimum absolute atomic E-state index is 0.0462. The number of non-ortho nitro benzene ring substituents is 1. The Morgan fingerprint density at radius 3 is 2.60 bits per heavy atom. The van der Waals surface area contributed by atoms with Crippen LogP contribution in [0.25, 0.3) is 0 Å². The molecule has 0 saturated carbocycles. The summed E-state index contributed by atoms with van der Waals surface area (Å²) in [7, 11) is 1.66. The number of hydrogen-bond donors (Lipinski definition) is 0. The van der Waals surface area contributed by atoms with Crippen molar-refractivity contribution in [1.82, 2.24) is 5.01 Å². The normalized spacial score (nSPS) is 20.3. The Balaban J connectivity index is 1.79. The highest BCUT2D eigenvalue weighted by atomic mass is 16.6. The van der Waals surface area contributed by atoms with Crippen LogP contribution in [0.1, 0.15) is 43.0 Å².